The fourth-order valence-corrected chi connectivity index (χ4v) is 2.34. The van der Waals surface area contributed by atoms with Gasteiger partial charge in [0.1, 0.15) is 6.26 Å². The molecule has 0 aromatic carbocycles. The Morgan fingerprint density at radius 1 is 1.60 bits per heavy atom. The number of aromatic nitrogens is 1. The number of hydrogen-bond donors (Lipinski definition) is 1. The first kappa shape index (κ1) is 10.4. The second-order valence-electron chi connectivity index (χ2n) is 3.19. The Hall–Kier alpha value is -1.08. The van der Waals surface area contributed by atoms with E-state index in [1.807, 2.05) is 4.72 Å². The molecule has 1 aliphatic carbocycles. The van der Waals surface area contributed by atoms with Crippen molar-refractivity contribution in [2.75, 3.05) is 0 Å². The first-order valence-corrected chi connectivity index (χ1v) is 5.94. The van der Waals surface area contributed by atoms with Crippen molar-refractivity contribution in [3.63, 3.8) is 0 Å². The molecule has 0 bridgehead atoms. The lowest BCUT2D eigenvalue weighted by Crippen LogP contribution is -2.37. The van der Waals surface area contributed by atoms with Crippen LogP contribution in [-0.4, -0.2) is 23.5 Å². The molecule has 1 heterocycles. The quantitative estimate of drug-likeness (QED) is 0.788. The molecule has 0 aliphatic heterocycles. The molecule has 8 heteroatoms. The first-order valence-electron chi connectivity index (χ1n) is 4.08. The number of sulfonamides is 1. The van der Waals surface area contributed by atoms with Gasteiger partial charge >= 0.3 is 0 Å². The molecule has 0 unspecified atom stereocenters. The molecular weight excluding hydrogens is 244 g/mol. The number of halogens is 1. The van der Waals surface area contributed by atoms with E-state index in [0.717, 1.165) is 12.7 Å². The van der Waals surface area contributed by atoms with E-state index in [-0.39, 0.29) is 5.69 Å². The summed E-state index contributed by atoms with van der Waals surface area (Å²) >= 11 is 5.69. The van der Waals surface area contributed by atoms with Crippen LogP contribution in [0.4, 0.5) is 0 Å². The Bertz CT molecular complexity index is 477. The van der Waals surface area contributed by atoms with Gasteiger partial charge in [-0.25, -0.2) is 18.1 Å². The zero-order valence-electron chi connectivity index (χ0n) is 7.44. The van der Waals surface area contributed by atoms with Crippen LogP contribution in [0.25, 0.3) is 0 Å². The third-order valence-electron chi connectivity index (χ3n) is 2.02. The van der Waals surface area contributed by atoms with Crippen LogP contribution < -0.4 is 4.72 Å². The van der Waals surface area contributed by atoms with E-state index < -0.39 is 20.1 Å². The number of amides is 1. The molecule has 0 spiro atoms. The van der Waals surface area contributed by atoms with Crippen molar-refractivity contribution < 1.29 is 17.6 Å². The SMILES string of the molecule is O=C(NS(=O)(=O)C1(Cl)CC1)c1cocn1. The van der Waals surface area contributed by atoms with Gasteiger partial charge in [0.2, 0.25) is 0 Å². The van der Waals surface area contributed by atoms with Crippen molar-refractivity contribution in [3.8, 4) is 0 Å². The minimum atomic E-state index is -3.83. The lowest BCUT2D eigenvalue weighted by Gasteiger charge is -2.08. The summed E-state index contributed by atoms with van der Waals surface area (Å²) in [6.45, 7) is 0. The molecule has 0 radical (unpaired) electrons. The van der Waals surface area contributed by atoms with Gasteiger partial charge in [-0.2, -0.15) is 0 Å². The monoisotopic (exact) mass is 250 g/mol. The predicted molar refractivity (Wildman–Crippen MR) is 50.7 cm³/mol. The van der Waals surface area contributed by atoms with Gasteiger partial charge in [-0.15, -0.1) is 0 Å². The van der Waals surface area contributed by atoms with Crippen molar-refractivity contribution in [2.24, 2.45) is 0 Å². The highest BCUT2D eigenvalue weighted by atomic mass is 35.5. The minimum absolute atomic E-state index is 0.0977. The molecule has 15 heavy (non-hydrogen) atoms. The van der Waals surface area contributed by atoms with Crippen LogP contribution in [0.2, 0.25) is 0 Å². The molecule has 6 nitrogen and oxygen atoms in total. The first-order chi connectivity index (χ1) is 6.95. The Labute approximate surface area is 90.7 Å². The van der Waals surface area contributed by atoms with Crippen LogP contribution in [-0.2, 0) is 10.0 Å². The summed E-state index contributed by atoms with van der Waals surface area (Å²) in [4.78, 5) is 14.8. The number of carbonyl (C=O) groups excluding carboxylic acids is 1. The summed E-state index contributed by atoms with van der Waals surface area (Å²) in [5.41, 5.74) is -0.0977. The number of nitrogens with zero attached hydrogens (tertiary/aromatic N) is 1. The lowest BCUT2D eigenvalue weighted by atomic mass is 10.5. The molecule has 2 rings (SSSR count). The number of carbonyl (C=O) groups is 1. The Morgan fingerprint density at radius 2 is 2.27 bits per heavy atom. The summed E-state index contributed by atoms with van der Waals surface area (Å²) in [6, 6.07) is 0. The molecule has 0 atom stereocenters. The molecule has 0 saturated heterocycles. The topological polar surface area (TPSA) is 89.3 Å². The molecule has 1 aromatic rings. The lowest BCUT2D eigenvalue weighted by molar-refractivity contribution is 0.0976. The van der Waals surface area contributed by atoms with Gasteiger partial charge < -0.3 is 4.42 Å². The van der Waals surface area contributed by atoms with Gasteiger partial charge in [0.05, 0.1) is 0 Å². The second kappa shape index (κ2) is 3.21. The average Bonchev–Trinajstić information content (AvgIpc) is 2.71. The zero-order chi connectivity index (χ0) is 11.1. The van der Waals surface area contributed by atoms with Gasteiger partial charge in [0.25, 0.3) is 15.9 Å². The van der Waals surface area contributed by atoms with Crippen molar-refractivity contribution in [2.45, 2.75) is 17.0 Å². The predicted octanol–water partition coefficient (Wildman–Crippen LogP) is 0.463. The van der Waals surface area contributed by atoms with E-state index in [2.05, 4.69) is 9.40 Å². The summed E-state index contributed by atoms with van der Waals surface area (Å²) < 4.78 is 28.1. The fraction of sp³-hybridized carbons (Fsp3) is 0.429. The van der Waals surface area contributed by atoms with E-state index in [1.165, 1.54) is 0 Å². The Morgan fingerprint density at radius 3 is 2.73 bits per heavy atom. The summed E-state index contributed by atoms with van der Waals surface area (Å²) in [5.74, 6) is -0.837. The largest absolute Gasteiger partial charge is 0.451 e. The van der Waals surface area contributed by atoms with Crippen molar-refractivity contribution in [1.29, 1.82) is 0 Å². The Kier molecular flexibility index (Phi) is 2.23. The van der Waals surface area contributed by atoms with Crippen molar-refractivity contribution in [1.82, 2.24) is 9.71 Å². The van der Waals surface area contributed by atoms with Gasteiger partial charge in [-0.05, 0) is 12.8 Å². The molecular formula is C7H7ClN2O4S. The summed E-state index contributed by atoms with van der Waals surface area (Å²) in [7, 11) is -3.83. The highest BCUT2D eigenvalue weighted by molar-refractivity contribution is 7.93. The summed E-state index contributed by atoms with van der Waals surface area (Å²) in [6.07, 6.45) is 2.78. The zero-order valence-corrected chi connectivity index (χ0v) is 9.01. The third-order valence-corrected chi connectivity index (χ3v) is 4.83. The number of rotatable bonds is 3. The Balaban J connectivity index is 2.13. The van der Waals surface area contributed by atoms with E-state index in [0.29, 0.717) is 12.8 Å². The van der Waals surface area contributed by atoms with E-state index >= 15 is 0 Å². The third kappa shape index (κ3) is 1.84. The van der Waals surface area contributed by atoms with Crippen molar-refractivity contribution in [3.05, 3.63) is 18.4 Å². The van der Waals surface area contributed by atoms with Crippen molar-refractivity contribution >= 4 is 27.5 Å². The van der Waals surface area contributed by atoms with E-state index in [4.69, 9.17) is 11.6 Å². The number of hydrogen-bond acceptors (Lipinski definition) is 5. The summed E-state index contributed by atoms with van der Waals surface area (Å²) in [5, 5.41) is 0. The van der Waals surface area contributed by atoms with Gasteiger partial charge in [-0.3, -0.25) is 4.79 Å². The fourth-order valence-electron chi connectivity index (χ4n) is 0.957. The molecule has 1 saturated carbocycles. The number of alkyl halides is 1. The van der Waals surface area contributed by atoms with Crippen LogP contribution in [0.5, 0.6) is 0 Å². The smallest absolute Gasteiger partial charge is 0.286 e. The minimum Gasteiger partial charge on any atom is -0.451 e. The van der Waals surface area contributed by atoms with Gasteiger partial charge in [0, 0.05) is 0 Å². The van der Waals surface area contributed by atoms with E-state index in [1.54, 1.807) is 0 Å². The maximum Gasteiger partial charge on any atom is 0.286 e. The highest BCUT2D eigenvalue weighted by Gasteiger charge is 2.54. The van der Waals surface area contributed by atoms with Crippen LogP contribution >= 0.6 is 11.6 Å². The molecule has 1 N–H and O–H groups in total. The van der Waals surface area contributed by atoms with Crippen LogP contribution in [0, 0.1) is 0 Å². The van der Waals surface area contributed by atoms with Gasteiger partial charge in [-0.1, -0.05) is 11.6 Å². The van der Waals surface area contributed by atoms with Gasteiger partial charge in [0.15, 0.2) is 16.3 Å². The number of oxazole rings is 1. The average molecular weight is 251 g/mol. The van der Waals surface area contributed by atoms with Crippen LogP contribution in [0.3, 0.4) is 0 Å². The maximum atomic E-state index is 11.5. The molecule has 82 valence electrons. The standard InChI is InChI=1S/C7H7ClN2O4S/c8-7(1-2-7)15(12,13)10-6(11)5-3-14-4-9-5/h3-4H,1-2H2,(H,10,11). The molecule has 1 fully saturated rings. The van der Waals surface area contributed by atoms with E-state index in [9.17, 15) is 13.2 Å². The normalized spacial score (nSPS) is 18.5. The van der Waals surface area contributed by atoms with Crippen LogP contribution in [0.1, 0.15) is 23.3 Å². The molecule has 1 amide bonds. The highest BCUT2D eigenvalue weighted by Crippen LogP contribution is 2.46. The number of nitrogens with one attached hydrogen (secondary N) is 1. The molecule has 1 aromatic heterocycles. The molecule has 1 aliphatic rings. The van der Waals surface area contributed by atoms with Crippen LogP contribution in [0.15, 0.2) is 17.1 Å². The second-order valence-corrected chi connectivity index (χ2v) is 6.13. The maximum absolute atomic E-state index is 11.5.